The Balaban J connectivity index is 3.72. The van der Waals surface area contributed by atoms with Crippen LogP contribution in [0, 0.1) is 0 Å². The first-order valence-electron chi connectivity index (χ1n) is 6.14. The quantitative estimate of drug-likeness (QED) is 0.397. The van der Waals surface area contributed by atoms with Gasteiger partial charge in [-0.15, -0.1) is 0 Å². The minimum atomic E-state index is -0.632. The summed E-state index contributed by atoms with van der Waals surface area (Å²) in [7, 11) is 3.15. The first-order chi connectivity index (χ1) is 8.50. The van der Waals surface area contributed by atoms with E-state index in [1.54, 1.807) is 18.8 Å². The van der Waals surface area contributed by atoms with Gasteiger partial charge in [-0.2, -0.15) is 11.8 Å². The average Bonchev–Trinajstić information content (AvgIpc) is 2.40. The van der Waals surface area contributed by atoms with Crippen LogP contribution in [0.15, 0.2) is 0 Å². The SMILES string of the molecule is CNC(C)(CCCCSCC(O)CO)C(=O)OC. The number of unbranched alkanes of at least 4 members (excludes halogenated alkanes) is 1. The Morgan fingerprint density at radius 1 is 1.50 bits per heavy atom. The molecule has 0 fully saturated rings. The fraction of sp³-hybridized carbons (Fsp3) is 0.917. The molecule has 5 nitrogen and oxygen atoms in total. The fourth-order valence-corrected chi connectivity index (χ4v) is 2.46. The summed E-state index contributed by atoms with van der Waals surface area (Å²) in [5, 5.41) is 20.8. The molecule has 0 amide bonds. The van der Waals surface area contributed by atoms with Crippen LogP contribution in [0.4, 0.5) is 0 Å². The molecule has 0 aromatic rings. The number of carbonyl (C=O) groups excluding carboxylic acids is 1. The topological polar surface area (TPSA) is 78.8 Å². The van der Waals surface area contributed by atoms with Gasteiger partial charge in [-0.05, 0) is 32.6 Å². The number of aliphatic hydroxyl groups is 2. The fourth-order valence-electron chi connectivity index (χ4n) is 1.51. The maximum atomic E-state index is 11.6. The third-order valence-corrected chi connectivity index (χ3v) is 4.12. The van der Waals surface area contributed by atoms with Crippen LogP contribution in [0.5, 0.6) is 0 Å². The Morgan fingerprint density at radius 3 is 2.67 bits per heavy atom. The Labute approximate surface area is 113 Å². The molecular weight excluding hydrogens is 254 g/mol. The lowest BCUT2D eigenvalue weighted by Crippen LogP contribution is -2.48. The number of methoxy groups -OCH3 is 1. The molecule has 0 saturated heterocycles. The van der Waals surface area contributed by atoms with Gasteiger partial charge in [0.1, 0.15) is 5.54 Å². The van der Waals surface area contributed by atoms with Gasteiger partial charge >= 0.3 is 5.97 Å². The minimum Gasteiger partial charge on any atom is -0.468 e. The number of hydrogen-bond acceptors (Lipinski definition) is 6. The van der Waals surface area contributed by atoms with Gasteiger partial charge in [-0.25, -0.2) is 0 Å². The summed E-state index contributed by atoms with van der Waals surface area (Å²) >= 11 is 1.61. The van der Waals surface area contributed by atoms with Gasteiger partial charge in [0.2, 0.25) is 0 Å². The molecule has 6 heteroatoms. The molecule has 108 valence electrons. The number of ether oxygens (including phenoxy) is 1. The van der Waals surface area contributed by atoms with Crippen molar-refractivity contribution in [3.63, 3.8) is 0 Å². The molecule has 0 aliphatic rings. The lowest BCUT2D eigenvalue weighted by molar-refractivity contribution is -0.148. The molecule has 0 saturated carbocycles. The van der Waals surface area contributed by atoms with Gasteiger partial charge in [0, 0.05) is 5.75 Å². The van der Waals surface area contributed by atoms with Gasteiger partial charge in [0.05, 0.1) is 19.8 Å². The van der Waals surface area contributed by atoms with Gasteiger partial charge < -0.3 is 20.3 Å². The molecule has 0 radical (unpaired) electrons. The second kappa shape index (κ2) is 9.61. The van der Waals surface area contributed by atoms with E-state index >= 15 is 0 Å². The highest BCUT2D eigenvalue weighted by Gasteiger charge is 2.31. The smallest absolute Gasteiger partial charge is 0.325 e. The number of thioether (sulfide) groups is 1. The van der Waals surface area contributed by atoms with Crippen LogP contribution in [-0.4, -0.2) is 60.1 Å². The molecule has 3 N–H and O–H groups in total. The van der Waals surface area contributed by atoms with E-state index < -0.39 is 11.6 Å². The Morgan fingerprint density at radius 2 is 2.17 bits per heavy atom. The van der Waals surface area contributed by atoms with Gasteiger partial charge in [0.15, 0.2) is 0 Å². The van der Waals surface area contributed by atoms with E-state index in [-0.39, 0.29) is 12.6 Å². The molecule has 0 aromatic carbocycles. The highest BCUT2D eigenvalue weighted by atomic mass is 32.2. The predicted molar refractivity (Wildman–Crippen MR) is 73.7 cm³/mol. The standard InChI is InChI=1S/C12H25NO4S/c1-12(13-2,11(16)17-3)6-4-5-7-18-9-10(15)8-14/h10,13-15H,4-9H2,1-3H3. The van der Waals surface area contributed by atoms with Crippen LogP contribution in [0.25, 0.3) is 0 Å². The summed E-state index contributed by atoms with van der Waals surface area (Å²) < 4.78 is 4.76. The highest BCUT2D eigenvalue weighted by molar-refractivity contribution is 7.99. The predicted octanol–water partition coefficient (Wildman–Crippen LogP) is 0.394. The summed E-state index contributed by atoms with van der Waals surface area (Å²) in [6.07, 6.45) is 1.97. The average molecular weight is 279 g/mol. The molecule has 0 aliphatic heterocycles. The van der Waals surface area contributed by atoms with Crippen molar-refractivity contribution in [1.29, 1.82) is 0 Å². The van der Waals surface area contributed by atoms with E-state index in [0.717, 1.165) is 25.0 Å². The van der Waals surface area contributed by atoms with Crippen molar-refractivity contribution in [2.45, 2.75) is 37.8 Å². The van der Waals surface area contributed by atoms with E-state index in [1.165, 1.54) is 7.11 Å². The van der Waals surface area contributed by atoms with Crippen molar-refractivity contribution < 1.29 is 19.7 Å². The van der Waals surface area contributed by atoms with Crippen molar-refractivity contribution in [2.75, 3.05) is 32.3 Å². The normalized spacial score (nSPS) is 16.1. The van der Waals surface area contributed by atoms with Crippen LogP contribution in [0.3, 0.4) is 0 Å². The van der Waals surface area contributed by atoms with Crippen LogP contribution in [0.1, 0.15) is 26.2 Å². The van der Waals surface area contributed by atoms with E-state index in [2.05, 4.69) is 5.32 Å². The summed E-state index contributed by atoms with van der Waals surface area (Å²) in [4.78, 5) is 11.6. The second-order valence-corrected chi connectivity index (χ2v) is 5.59. The summed E-state index contributed by atoms with van der Waals surface area (Å²) in [5.41, 5.74) is -0.621. The Kier molecular flexibility index (Phi) is 9.45. The van der Waals surface area contributed by atoms with Crippen molar-refractivity contribution in [1.82, 2.24) is 5.32 Å². The highest BCUT2D eigenvalue weighted by Crippen LogP contribution is 2.17. The van der Waals surface area contributed by atoms with Gasteiger partial charge in [-0.3, -0.25) is 4.79 Å². The van der Waals surface area contributed by atoms with Crippen molar-refractivity contribution in [3.05, 3.63) is 0 Å². The number of rotatable bonds is 10. The molecule has 0 spiro atoms. The third-order valence-electron chi connectivity index (χ3n) is 2.92. The zero-order valence-electron chi connectivity index (χ0n) is 11.4. The molecule has 0 heterocycles. The number of hydrogen-bond donors (Lipinski definition) is 3. The minimum absolute atomic E-state index is 0.187. The van der Waals surface area contributed by atoms with Crippen molar-refractivity contribution >= 4 is 17.7 Å². The van der Waals surface area contributed by atoms with E-state index in [9.17, 15) is 4.79 Å². The number of aliphatic hydroxyl groups excluding tert-OH is 2. The van der Waals surface area contributed by atoms with Gasteiger partial charge in [0.25, 0.3) is 0 Å². The molecule has 0 aromatic heterocycles. The van der Waals surface area contributed by atoms with Gasteiger partial charge in [-0.1, -0.05) is 6.42 Å². The zero-order chi connectivity index (χ0) is 14.0. The number of carbonyl (C=O) groups is 1. The second-order valence-electron chi connectivity index (χ2n) is 4.44. The number of esters is 1. The van der Waals surface area contributed by atoms with E-state index in [1.807, 2.05) is 6.92 Å². The lowest BCUT2D eigenvalue weighted by Gasteiger charge is -2.25. The monoisotopic (exact) mass is 279 g/mol. The maximum absolute atomic E-state index is 11.6. The molecule has 18 heavy (non-hydrogen) atoms. The number of likely N-dealkylation sites (N-methyl/N-ethyl adjacent to an activating group) is 1. The van der Waals surface area contributed by atoms with Crippen molar-refractivity contribution in [2.24, 2.45) is 0 Å². The molecule has 2 atom stereocenters. The Bertz CT molecular complexity index is 240. The van der Waals surface area contributed by atoms with Crippen molar-refractivity contribution in [3.8, 4) is 0 Å². The summed E-state index contributed by atoms with van der Waals surface area (Å²) in [6.45, 7) is 1.65. The largest absolute Gasteiger partial charge is 0.468 e. The maximum Gasteiger partial charge on any atom is 0.325 e. The van der Waals surface area contributed by atoms with Crippen LogP contribution < -0.4 is 5.32 Å². The molecule has 0 bridgehead atoms. The molecule has 2 unspecified atom stereocenters. The summed E-state index contributed by atoms with van der Waals surface area (Å²) in [5.74, 6) is 1.22. The van der Waals surface area contributed by atoms with Crippen LogP contribution in [-0.2, 0) is 9.53 Å². The summed E-state index contributed by atoms with van der Waals surface area (Å²) in [6, 6.07) is 0. The van der Waals surface area contributed by atoms with Crippen LogP contribution >= 0.6 is 11.8 Å². The molecular formula is C12H25NO4S. The Hall–Kier alpha value is -0.300. The van der Waals surface area contributed by atoms with E-state index in [4.69, 9.17) is 14.9 Å². The molecule has 0 aliphatic carbocycles. The van der Waals surface area contributed by atoms with E-state index in [0.29, 0.717) is 5.75 Å². The third kappa shape index (κ3) is 6.58. The molecule has 0 rings (SSSR count). The number of nitrogens with one attached hydrogen (secondary N) is 1. The first kappa shape index (κ1) is 17.7. The zero-order valence-corrected chi connectivity index (χ0v) is 12.3. The lowest BCUT2D eigenvalue weighted by atomic mass is 9.95. The van der Waals surface area contributed by atoms with Crippen LogP contribution in [0.2, 0.25) is 0 Å². The first-order valence-corrected chi connectivity index (χ1v) is 7.29.